The first-order valence-electron chi connectivity index (χ1n) is 7.05. The predicted octanol–water partition coefficient (Wildman–Crippen LogP) is 2.62. The van der Waals surface area contributed by atoms with E-state index in [-0.39, 0.29) is 0 Å². The first kappa shape index (κ1) is 13.5. The smallest absolute Gasteiger partial charge is 0.0659 e. The quantitative estimate of drug-likeness (QED) is 0.753. The van der Waals surface area contributed by atoms with E-state index in [1.165, 1.54) is 16.7 Å². The molecule has 0 atom stereocenters. The first-order chi connectivity index (χ1) is 10.4. The van der Waals surface area contributed by atoms with Crippen LogP contribution in [-0.2, 0) is 19.6 Å². The van der Waals surface area contributed by atoms with Crippen molar-refractivity contribution in [3.05, 3.63) is 83.9 Å². The molecule has 0 spiro atoms. The Labute approximate surface area is 124 Å². The lowest BCUT2D eigenvalue weighted by Crippen LogP contribution is -2.12. The van der Waals surface area contributed by atoms with E-state index >= 15 is 0 Å². The summed E-state index contributed by atoms with van der Waals surface area (Å²) in [4.78, 5) is 4.01. The van der Waals surface area contributed by atoms with E-state index in [9.17, 15) is 0 Å². The predicted molar refractivity (Wildman–Crippen MR) is 82.6 cm³/mol. The zero-order chi connectivity index (χ0) is 14.3. The van der Waals surface area contributed by atoms with Gasteiger partial charge in [-0.2, -0.15) is 5.10 Å². The van der Waals surface area contributed by atoms with Crippen LogP contribution in [0.3, 0.4) is 0 Å². The second-order valence-corrected chi connectivity index (χ2v) is 4.99. The van der Waals surface area contributed by atoms with Crippen LogP contribution in [0.4, 0.5) is 0 Å². The Morgan fingerprint density at radius 3 is 2.43 bits per heavy atom. The molecule has 1 aromatic carbocycles. The number of pyridine rings is 1. The molecule has 0 saturated carbocycles. The fourth-order valence-electron chi connectivity index (χ4n) is 2.21. The Kier molecular flexibility index (Phi) is 4.39. The summed E-state index contributed by atoms with van der Waals surface area (Å²) in [6.45, 7) is 2.47. The van der Waals surface area contributed by atoms with E-state index in [0.29, 0.717) is 0 Å². The number of hydrogen-bond donors (Lipinski definition) is 1. The van der Waals surface area contributed by atoms with Crippen molar-refractivity contribution in [3.63, 3.8) is 0 Å². The van der Waals surface area contributed by atoms with E-state index in [2.05, 4.69) is 45.9 Å². The highest BCUT2D eigenvalue weighted by atomic mass is 15.3. The zero-order valence-electron chi connectivity index (χ0n) is 11.8. The Hall–Kier alpha value is -2.46. The fraction of sp³-hybridized carbons (Fsp3) is 0.176. The zero-order valence-corrected chi connectivity index (χ0v) is 11.8. The van der Waals surface area contributed by atoms with Crippen LogP contribution in [0.5, 0.6) is 0 Å². The summed E-state index contributed by atoms with van der Waals surface area (Å²) in [5.41, 5.74) is 3.69. The molecule has 2 aromatic heterocycles. The standard InChI is InChI=1S/C17H18N4/c1-2-4-16(5-3-1)13-21-14-17(12-20-21)11-19-10-15-6-8-18-9-7-15/h1-9,12,14,19H,10-11,13H2. The van der Waals surface area contributed by atoms with E-state index in [4.69, 9.17) is 0 Å². The summed E-state index contributed by atoms with van der Waals surface area (Å²) in [7, 11) is 0. The highest BCUT2D eigenvalue weighted by molar-refractivity contribution is 5.15. The van der Waals surface area contributed by atoms with Gasteiger partial charge in [0.2, 0.25) is 0 Å². The third kappa shape index (κ3) is 4.00. The van der Waals surface area contributed by atoms with Gasteiger partial charge in [0.25, 0.3) is 0 Å². The van der Waals surface area contributed by atoms with Gasteiger partial charge in [-0.3, -0.25) is 9.67 Å². The van der Waals surface area contributed by atoms with Crippen molar-refractivity contribution in [3.8, 4) is 0 Å². The average molecular weight is 278 g/mol. The Bertz CT molecular complexity index is 662. The molecule has 1 N–H and O–H groups in total. The molecule has 0 aliphatic heterocycles. The van der Waals surface area contributed by atoms with Crippen LogP contribution in [0.1, 0.15) is 16.7 Å². The number of rotatable bonds is 6. The molecular formula is C17H18N4. The summed E-state index contributed by atoms with van der Waals surface area (Å²) >= 11 is 0. The first-order valence-corrected chi connectivity index (χ1v) is 7.05. The van der Waals surface area contributed by atoms with Crippen molar-refractivity contribution < 1.29 is 0 Å². The minimum Gasteiger partial charge on any atom is -0.309 e. The van der Waals surface area contributed by atoms with Crippen LogP contribution in [0.15, 0.2) is 67.3 Å². The molecule has 0 bridgehead atoms. The third-order valence-corrected chi connectivity index (χ3v) is 3.28. The van der Waals surface area contributed by atoms with Crippen molar-refractivity contribution in [2.75, 3.05) is 0 Å². The summed E-state index contributed by atoms with van der Waals surface area (Å²) in [5.74, 6) is 0. The van der Waals surface area contributed by atoms with Crippen LogP contribution in [-0.4, -0.2) is 14.8 Å². The van der Waals surface area contributed by atoms with Gasteiger partial charge in [0.1, 0.15) is 0 Å². The number of nitrogens with one attached hydrogen (secondary N) is 1. The molecule has 0 fully saturated rings. The van der Waals surface area contributed by atoms with E-state index in [1.54, 1.807) is 0 Å². The minimum atomic E-state index is 0.811. The maximum atomic E-state index is 4.40. The summed E-state index contributed by atoms with van der Waals surface area (Å²) in [6, 6.07) is 14.4. The highest BCUT2D eigenvalue weighted by Gasteiger charge is 2.00. The molecule has 21 heavy (non-hydrogen) atoms. The lowest BCUT2D eigenvalue weighted by Gasteiger charge is -2.03. The number of aromatic nitrogens is 3. The Morgan fingerprint density at radius 2 is 1.62 bits per heavy atom. The van der Waals surface area contributed by atoms with Gasteiger partial charge in [0.05, 0.1) is 12.7 Å². The molecule has 106 valence electrons. The Balaban J connectivity index is 1.51. The van der Waals surface area contributed by atoms with Crippen molar-refractivity contribution in [1.82, 2.24) is 20.1 Å². The highest BCUT2D eigenvalue weighted by Crippen LogP contribution is 2.04. The molecular weight excluding hydrogens is 260 g/mol. The summed E-state index contributed by atoms with van der Waals surface area (Å²) in [6.07, 6.45) is 7.64. The van der Waals surface area contributed by atoms with Gasteiger partial charge >= 0.3 is 0 Å². The van der Waals surface area contributed by atoms with Gasteiger partial charge < -0.3 is 5.32 Å². The van der Waals surface area contributed by atoms with Gasteiger partial charge in [-0.15, -0.1) is 0 Å². The van der Waals surface area contributed by atoms with Crippen LogP contribution in [0.25, 0.3) is 0 Å². The number of benzene rings is 1. The monoisotopic (exact) mass is 278 g/mol. The topological polar surface area (TPSA) is 42.7 Å². The maximum absolute atomic E-state index is 4.40. The van der Waals surface area contributed by atoms with Gasteiger partial charge in [-0.25, -0.2) is 0 Å². The van der Waals surface area contributed by atoms with Gasteiger partial charge in [0.15, 0.2) is 0 Å². The van der Waals surface area contributed by atoms with E-state index in [1.807, 2.05) is 41.5 Å². The second-order valence-electron chi connectivity index (χ2n) is 4.99. The molecule has 0 amide bonds. The van der Waals surface area contributed by atoms with Crippen LogP contribution in [0.2, 0.25) is 0 Å². The van der Waals surface area contributed by atoms with Gasteiger partial charge in [-0.1, -0.05) is 30.3 Å². The average Bonchev–Trinajstić information content (AvgIpc) is 2.97. The largest absolute Gasteiger partial charge is 0.309 e. The van der Waals surface area contributed by atoms with Crippen molar-refractivity contribution >= 4 is 0 Å². The van der Waals surface area contributed by atoms with E-state index < -0.39 is 0 Å². The lowest BCUT2D eigenvalue weighted by molar-refractivity contribution is 0.677. The van der Waals surface area contributed by atoms with Crippen molar-refractivity contribution in [1.29, 1.82) is 0 Å². The number of hydrogen-bond acceptors (Lipinski definition) is 3. The van der Waals surface area contributed by atoms with Gasteiger partial charge in [0, 0.05) is 37.2 Å². The maximum Gasteiger partial charge on any atom is 0.0659 e. The lowest BCUT2D eigenvalue weighted by atomic mass is 10.2. The SMILES string of the molecule is c1ccc(Cn2cc(CNCc3ccncc3)cn2)cc1. The second kappa shape index (κ2) is 6.81. The van der Waals surface area contributed by atoms with Crippen molar-refractivity contribution in [2.24, 2.45) is 0 Å². The van der Waals surface area contributed by atoms with Gasteiger partial charge in [-0.05, 0) is 23.3 Å². The molecule has 3 aromatic rings. The Morgan fingerprint density at radius 1 is 0.857 bits per heavy atom. The summed E-state index contributed by atoms with van der Waals surface area (Å²) in [5, 5.41) is 7.82. The molecule has 3 rings (SSSR count). The molecule has 0 aliphatic carbocycles. The molecule has 0 unspecified atom stereocenters. The molecule has 0 radical (unpaired) electrons. The van der Waals surface area contributed by atoms with Crippen molar-refractivity contribution in [2.45, 2.75) is 19.6 Å². The summed E-state index contributed by atoms with van der Waals surface area (Å²) < 4.78 is 1.97. The molecule has 0 aliphatic rings. The molecule has 4 heteroatoms. The van der Waals surface area contributed by atoms with E-state index in [0.717, 1.165) is 19.6 Å². The minimum absolute atomic E-state index is 0.811. The van der Waals surface area contributed by atoms with Crippen LogP contribution >= 0.6 is 0 Å². The molecule has 2 heterocycles. The number of nitrogens with zero attached hydrogens (tertiary/aromatic N) is 3. The molecule has 4 nitrogen and oxygen atoms in total. The normalized spacial score (nSPS) is 10.7. The fourth-order valence-corrected chi connectivity index (χ4v) is 2.21. The third-order valence-electron chi connectivity index (χ3n) is 3.28. The molecule has 0 saturated heterocycles. The van der Waals surface area contributed by atoms with Crippen LogP contribution < -0.4 is 5.32 Å². The van der Waals surface area contributed by atoms with Crippen LogP contribution in [0, 0.1) is 0 Å².